The first-order valence-electron chi connectivity index (χ1n) is 5.19. The van der Waals surface area contributed by atoms with Crippen LogP contribution in [0.5, 0.6) is 5.75 Å². The molecule has 0 aliphatic heterocycles. The van der Waals surface area contributed by atoms with Crippen molar-refractivity contribution in [1.82, 2.24) is 0 Å². The van der Waals surface area contributed by atoms with Gasteiger partial charge in [0.15, 0.2) is 0 Å². The van der Waals surface area contributed by atoms with Crippen LogP contribution < -0.4 is 4.74 Å². The number of rotatable bonds is 2. The van der Waals surface area contributed by atoms with Gasteiger partial charge in [0, 0.05) is 11.4 Å². The van der Waals surface area contributed by atoms with Crippen LogP contribution in [0.1, 0.15) is 6.92 Å². The van der Waals surface area contributed by atoms with Gasteiger partial charge < -0.3 is 4.74 Å². The third-order valence-corrected chi connectivity index (χ3v) is 2.82. The topological polar surface area (TPSA) is 26.3 Å². The predicted octanol–water partition coefficient (Wildman–Crippen LogP) is 4.04. The van der Waals surface area contributed by atoms with E-state index < -0.39 is 0 Å². The smallest absolute Gasteiger partial charge is 0.308 e. The van der Waals surface area contributed by atoms with Crippen LogP contribution >= 0.6 is 15.9 Å². The van der Waals surface area contributed by atoms with Crippen LogP contribution in [0.3, 0.4) is 0 Å². The van der Waals surface area contributed by atoms with Crippen LogP contribution in [-0.4, -0.2) is 5.97 Å². The number of carbonyl (C=O) groups is 1. The van der Waals surface area contributed by atoms with Crippen LogP contribution in [0.4, 0.5) is 0 Å². The van der Waals surface area contributed by atoms with Gasteiger partial charge in [0.1, 0.15) is 5.75 Å². The number of hydrogen-bond acceptors (Lipinski definition) is 2. The fourth-order valence-electron chi connectivity index (χ4n) is 1.52. The lowest BCUT2D eigenvalue weighted by molar-refractivity contribution is -0.131. The quantitative estimate of drug-likeness (QED) is 0.616. The summed E-state index contributed by atoms with van der Waals surface area (Å²) in [6, 6.07) is 15.5. The van der Waals surface area contributed by atoms with Crippen molar-refractivity contribution in [1.29, 1.82) is 0 Å². The molecule has 0 aliphatic rings. The zero-order valence-electron chi connectivity index (χ0n) is 9.31. The van der Waals surface area contributed by atoms with Crippen molar-refractivity contribution < 1.29 is 9.53 Å². The van der Waals surface area contributed by atoms with Gasteiger partial charge in [0.2, 0.25) is 0 Å². The first-order chi connectivity index (χ1) is 8.15. The first-order valence-corrected chi connectivity index (χ1v) is 5.99. The maximum atomic E-state index is 10.8. The molecular weight excluding hydrogens is 280 g/mol. The monoisotopic (exact) mass is 290 g/mol. The Hall–Kier alpha value is -1.61. The fraction of sp³-hybridized carbons (Fsp3) is 0.0714. The van der Waals surface area contributed by atoms with Gasteiger partial charge in [0.25, 0.3) is 0 Å². The summed E-state index contributed by atoms with van der Waals surface area (Å²) in [6.45, 7) is 1.39. The van der Waals surface area contributed by atoms with E-state index in [2.05, 4.69) is 15.9 Å². The maximum absolute atomic E-state index is 10.8. The van der Waals surface area contributed by atoms with Crippen molar-refractivity contribution in [2.24, 2.45) is 0 Å². The van der Waals surface area contributed by atoms with Gasteiger partial charge in [0.05, 0.1) is 0 Å². The molecule has 0 spiro atoms. The standard InChI is InChI=1S/C14H11BrO2/c1-10(16)17-14-8-4-12(5-9-14)11-2-6-13(15)7-3-11/h2-9H,1H3. The van der Waals surface area contributed by atoms with E-state index in [-0.39, 0.29) is 5.97 Å². The Morgan fingerprint density at radius 3 is 1.88 bits per heavy atom. The molecule has 0 aliphatic carbocycles. The Labute approximate surface area is 108 Å². The molecule has 86 valence electrons. The summed E-state index contributed by atoms with van der Waals surface area (Å²) in [4.78, 5) is 10.8. The van der Waals surface area contributed by atoms with E-state index in [0.717, 1.165) is 15.6 Å². The lowest BCUT2D eigenvalue weighted by atomic mass is 10.1. The third kappa shape index (κ3) is 3.17. The summed E-state index contributed by atoms with van der Waals surface area (Å²) < 4.78 is 6.03. The number of halogens is 1. The molecule has 2 aromatic carbocycles. The fourth-order valence-corrected chi connectivity index (χ4v) is 1.79. The second-order valence-electron chi connectivity index (χ2n) is 3.62. The molecule has 2 aromatic rings. The van der Waals surface area contributed by atoms with Crippen molar-refractivity contribution in [3.63, 3.8) is 0 Å². The summed E-state index contributed by atoms with van der Waals surface area (Å²) in [6.07, 6.45) is 0. The summed E-state index contributed by atoms with van der Waals surface area (Å²) in [5.74, 6) is 0.264. The normalized spacial score (nSPS) is 10.0. The average Bonchev–Trinajstić information content (AvgIpc) is 2.30. The predicted molar refractivity (Wildman–Crippen MR) is 70.9 cm³/mol. The Morgan fingerprint density at radius 1 is 0.941 bits per heavy atom. The van der Waals surface area contributed by atoms with E-state index in [1.165, 1.54) is 6.92 Å². The number of benzene rings is 2. The summed E-state index contributed by atoms with van der Waals surface area (Å²) in [5, 5.41) is 0. The zero-order chi connectivity index (χ0) is 12.3. The minimum atomic E-state index is -0.304. The molecular formula is C14H11BrO2. The minimum Gasteiger partial charge on any atom is -0.427 e. The second-order valence-corrected chi connectivity index (χ2v) is 4.54. The van der Waals surface area contributed by atoms with Crippen molar-refractivity contribution in [2.45, 2.75) is 6.92 Å². The second kappa shape index (κ2) is 5.15. The highest BCUT2D eigenvalue weighted by atomic mass is 79.9. The van der Waals surface area contributed by atoms with Crippen molar-refractivity contribution in [3.8, 4) is 16.9 Å². The molecule has 0 unspecified atom stereocenters. The largest absolute Gasteiger partial charge is 0.427 e. The molecule has 0 bridgehead atoms. The Kier molecular flexibility index (Phi) is 3.59. The molecule has 0 atom stereocenters. The summed E-state index contributed by atoms with van der Waals surface area (Å²) >= 11 is 3.40. The van der Waals surface area contributed by atoms with Crippen LogP contribution in [-0.2, 0) is 4.79 Å². The number of hydrogen-bond donors (Lipinski definition) is 0. The molecule has 0 radical (unpaired) electrons. The van der Waals surface area contributed by atoms with Crippen molar-refractivity contribution >= 4 is 21.9 Å². The Morgan fingerprint density at radius 2 is 1.41 bits per heavy atom. The molecule has 2 rings (SSSR count). The van der Waals surface area contributed by atoms with Gasteiger partial charge in [-0.1, -0.05) is 40.2 Å². The molecule has 0 aromatic heterocycles. The first kappa shape index (κ1) is 11.9. The van der Waals surface area contributed by atoms with Crippen LogP contribution in [0, 0.1) is 0 Å². The summed E-state index contributed by atoms with van der Waals surface area (Å²) in [7, 11) is 0. The highest BCUT2D eigenvalue weighted by molar-refractivity contribution is 9.10. The number of carbonyl (C=O) groups excluding carboxylic acids is 1. The molecule has 0 saturated heterocycles. The minimum absolute atomic E-state index is 0.304. The van der Waals surface area contributed by atoms with Gasteiger partial charge in [-0.3, -0.25) is 4.79 Å². The molecule has 0 fully saturated rings. The average molecular weight is 291 g/mol. The molecule has 0 N–H and O–H groups in total. The summed E-state index contributed by atoms with van der Waals surface area (Å²) in [5.41, 5.74) is 2.22. The van der Waals surface area contributed by atoms with E-state index in [0.29, 0.717) is 5.75 Å². The van der Waals surface area contributed by atoms with Crippen molar-refractivity contribution in [3.05, 3.63) is 53.0 Å². The molecule has 17 heavy (non-hydrogen) atoms. The van der Waals surface area contributed by atoms with E-state index in [1.807, 2.05) is 36.4 Å². The lowest BCUT2D eigenvalue weighted by Gasteiger charge is -2.04. The highest BCUT2D eigenvalue weighted by Gasteiger charge is 2.00. The van der Waals surface area contributed by atoms with Gasteiger partial charge in [-0.2, -0.15) is 0 Å². The SMILES string of the molecule is CC(=O)Oc1ccc(-c2ccc(Br)cc2)cc1. The highest BCUT2D eigenvalue weighted by Crippen LogP contribution is 2.24. The van der Waals surface area contributed by atoms with Gasteiger partial charge in [-0.15, -0.1) is 0 Å². The van der Waals surface area contributed by atoms with E-state index in [1.54, 1.807) is 12.1 Å². The third-order valence-electron chi connectivity index (χ3n) is 2.29. The molecule has 3 heteroatoms. The molecule has 0 heterocycles. The van der Waals surface area contributed by atoms with Crippen LogP contribution in [0.15, 0.2) is 53.0 Å². The maximum Gasteiger partial charge on any atom is 0.308 e. The Balaban J connectivity index is 2.23. The van der Waals surface area contributed by atoms with Gasteiger partial charge in [-0.05, 0) is 35.4 Å². The van der Waals surface area contributed by atoms with Crippen LogP contribution in [0.25, 0.3) is 11.1 Å². The van der Waals surface area contributed by atoms with E-state index >= 15 is 0 Å². The Bertz CT molecular complexity index is 515. The molecule has 0 saturated carbocycles. The van der Waals surface area contributed by atoms with E-state index in [9.17, 15) is 4.79 Å². The lowest BCUT2D eigenvalue weighted by Crippen LogP contribution is -2.00. The number of ether oxygens (including phenoxy) is 1. The molecule has 0 amide bonds. The van der Waals surface area contributed by atoms with Gasteiger partial charge >= 0.3 is 5.97 Å². The van der Waals surface area contributed by atoms with Gasteiger partial charge in [-0.25, -0.2) is 0 Å². The zero-order valence-corrected chi connectivity index (χ0v) is 10.9. The number of esters is 1. The van der Waals surface area contributed by atoms with E-state index in [4.69, 9.17) is 4.74 Å². The molecule has 2 nitrogen and oxygen atoms in total. The van der Waals surface area contributed by atoms with Crippen molar-refractivity contribution in [2.75, 3.05) is 0 Å². The van der Waals surface area contributed by atoms with Crippen LogP contribution in [0.2, 0.25) is 0 Å².